The van der Waals surface area contributed by atoms with Crippen molar-refractivity contribution in [1.29, 1.82) is 0 Å². The van der Waals surface area contributed by atoms with Crippen molar-refractivity contribution in [1.82, 2.24) is 10.6 Å². The number of hydrogen-bond donors (Lipinski definition) is 2. The van der Waals surface area contributed by atoms with E-state index in [9.17, 15) is 9.59 Å². The summed E-state index contributed by atoms with van der Waals surface area (Å²) < 4.78 is 5.16. The van der Waals surface area contributed by atoms with E-state index in [0.29, 0.717) is 18.0 Å². The second-order valence-corrected chi connectivity index (χ2v) is 5.97. The first-order chi connectivity index (χ1) is 12.1. The van der Waals surface area contributed by atoms with E-state index in [-0.39, 0.29) is 24.8 Å². The van der Waals surface area contributed by atoms with Gasteiger partial charge in [-0.25, -0.2) is 0 Å². The second kappa shape index (κ2) is 9.69. The number of amides is 2. The Morgan fingerprint density at radius 1 is 1.00 bits per heavy atom. The van der Waals surface area contributed by atoms with E-state index in [0.717, 1.165) is 16.9 Å². The van der Waals surface area contributed by atoms with Crippen LogP contribution in [0.1, 0.15) is 11.1 Å². The number of carbonyl (C=O) groups is 2. The van der Waals surface area contributed by atoms with E-state index in [4.69, 9.17) is 16.3 Å². The number of ether oxygens (including phenoxy) is 1. The molecule has 0 heterocycles. The van der Waals surface area contributed by atoms with Gasteiger partial charge in [0.15, 0.2) is 0 Å². The lowest BCUT2D eigenvalue weighted by atomic mass is 10.1. The van der Waals surface area contributed by atoms with Crippen LogP contribution in [0.3, 0.4) is 0 Å². The van der Waals surface area contributed by atoms with Crippen LogP contribution in [-0.2, 0) is 22.4 Å². The largest absolute Gasteiger partial charge is 0.497 e. The Hall–Kier alpha value is -2.53. The quantitative estimate of drug-likeness (QED) is 0.759. The molecule has 0 unspecified atom stereocenters. The normalized spacial score (nSPS) is 10.2. The molecule has 0 aromatic heterocycles. The van der Waals surface area contributed by atoms with Gasteiger partial charge >= 0.3 is 0 Å². The average molecular weight is 361 g/mol. The van der Waals surface area contributed by atoms with Crippen LogP contribution < -0.4 is 15.4 Å². The summed E-state index contributed by atoms with van der Waals surface area (Å²) in [5, 5.41) is 6.02. The first-order valence-corrected chi connectivity index (χ1v) is 8.35. The standard InChI is InChI=1S/C19H21ClN2O3/c1-25-17-4-2-3-14(11-17)9-10-21-19(24)13-22-18(23)12-15-5-7-16(20)8-6-15/h2-8,11H,9-10,12-13H2,1H3,(H,21,24)(H,22,23). The van der Waals surface area contributed by atoms with Crippen LogP contribution in [0.4, 0.5) is 0 Å². The highest BCUT2D eigenvalue weighted by Gasteiger charge is 2.06. The minimum atomic E-state index is -0.215. The van der Waals surface area contributed by atoms with E-state index in [1.807, 2.05) is 24.3 Å². The van der Waals surface area contributed by atoms with E-state index >= 15 is 0 Å². The van der Waals surface area contributed by atoms with Gasteiger partial charge in [0.25, 0.3) is 0 Å². The topological polar surface area (TPSA) is 67.4 Å². The zero-order chi connectivity index (χ0) is 18.1. The van der Waals surface area contributed by atoms with Gasteiger partial charge in [-0.3, -0.25) is 9.59 Å². The van der Waals surface area contributed by atoms with Crippen LogP contribution in [0, 0.1) is 0 Å². The molecular weight excluding hydrogens is 340 g/mol. The van der Waals surface area contributed by atoms with Crippen LogP contribution in [0.5, 0.6) is 5.75 Å². The molecule has 2 aromatic rings. The molecule has 0 atom stereocenters. The van der Waals surface area contributed by atoms with E-state index in [2.05, 4.69) is 10.6 Å². The highest BCUT2D eigenvalue weighted by molar-refractivity contribution is 6.30. The zero-order valence-electron chi connectivity index (χ0n) is 14.0. The summed E-state index contributed by atoms with van der Waals surface area (Å²) in [5.74, 6) is 0.371. The van der Waals surface area contributed by atoms with Gasteiger partial charge in [-0.2, -0.15) is 0 Å². The highest BCUT2D eigenvalue weighted by atomic mass is 35.5. The molecule has 132 valence electrons. The smallest absolute Gasteiger partial charge is 0.239 e. The van der Waals surface area contributed by atoms with Gasteiger partial charge in [0.05, 0.1) is 20.1 Å². The fourth-order valence-electron chi connectivity index (χ4n) is 2.27. The summed E-state index contributed by atoms with van der Waals surface area (Å²) in [5.41, 5.74) is 1.92. The van der Waals surface area contributed by atoms with Crippen molar-refractivity contribution in [2.45, 2.75) is 12.8 Å². The molecule has 2 amide bonds. The SMILES string of the molecule is COc1cccc(CCNC(=O)CNC(=O)Cc2ccc(Cl)cc2)c1. The maximum Gasteiger partial charge on any atom is 0.239 e. The molecule has 0 aliphatic rings. The van der Waals surface area contributed by atoms with E-state index in [1.54, 1.807) is 31.4 Å². The van der Waals surface area contributed by atoms with Gasteiger partial charge in [0.1, 0.15) is 5.75 Å². The molecule has 2 aromatic carbocycles. The highest BCUT2D eigenvalue weighted by Crippen LogP contribution is 2.12. The second-order valence-electron chi connectivity index (χ2n) is 5.53. The minimum Gasteiger partial charge on any atom is -0.497 e. The summed E-state index contributed by atoms with van der Waals surface area (Å²) in [6, 6.07) is 14.7. The van der Waals surface area contributed by atoms with Gasteiger partial charge in [-0.1, -0.05) is 35.9 Å². The summed E-state index contributed by atoms with van der Waals surface area (Å²) in [7, 11) is 1.62. The lowest BCUT2D eigenvalue weighted by Crippen LogP contribution is -2.38. The number of methoxy groups -OCH3 is 1. The van der Waals surface area contributed by atoms with Gasteiger partial charge in [0, 0.05) is 11.6 Å². The number of benzene rings is 2. The molecule has 0 radical (unpaired) electrons. The number of rotatable bonds is 8. The summed E-state index contributed by atoms with van der Waals surface area (Å²) in [6.07, 6.45) is 0.913. The Morgan fingerprint density at radius 2 is 1.76 bits per heavy atom. The minimum absolute atomic E-state index is 0.0372. The van der Waals surface area contributed by atoms with Crippen LogP contribution >= 0.6 is 11.6 Å². The summed E-state index contributed by atoms with van der Waals surface area (Å²) in [4.78, 5) is 23.6. The molecule has 5 nitrogen and oxygen atoms in total. The van der Waals surface area contributed by atoms with Crippen LogP contribution in [0.25, 0.3) is 0 Å². The maximum atomic E-state index is 11.8. The molecule has 25 heavy (non-hydrogen) atoms. The van der Waals surface area contributed by atoms with Crippen molar-refractivity contribution in [2.24, 2.45) is 0 Å². The first-order valence-electron chi connectivity index (χ1n) is 7.97. The Bertz CT molecular complexity index is 717. The summed E-state index contributed by atoms with van der Waals surface area (Å²) in [6.45, 7) is 0.462. The van der Waals surface area contributed by atoms with Crippen molar-refractivity contribution in [2.75, 3.05) is 20.2 Å². The molecule has 0 aliphatic heterocycles. The first kappa shape index (κ1) is 18.8. The lowest BCUT2D eigenvalue weighted by molar-refractivity contribution is -0.125. The van der Waals surface area contributed by atoms with Crippen molar-refractivity contribution in [3.63, 3.8) is 0 Å². The Kier molecular flexibility index (Phi) is 7.29. The van der Waals surface area contributed by atoms with Gasteiger partial charge in [-0.05, 0) is 41.8 Å². The third-order valence-corrected chi connectivity index (χ3v) is 3.85. The van der Waals surface area contributed by atoms with Crippen LogP contribution in [0.15, 0.2) is 48.5 Å². The van der Waals surface area contributed by atoms with E-state index in [1.165, 1.54) is 0 Å². The third-order valence-electron chi connectivity index (χ3n) is 3.59. The fourth-order valence-corrected chi connectivity index (χ4v) is 2.39. The predicted octanol–water partition coefficient (Wildman–Crippen LogP) is 2.37. The molecule has 0 fully saturated rings. The number of carbonyl (C=O) groups excluding carboxylic acids is 2. The van der Waals surface area contributed by atoms with Crippen molar-refractivity contribution < 1.29 is 14.3 Å². The molecule has 2 rings (SSSR count). The Balaban J connectivity index is 1.66. The number of hydrogen-bond acceptors (Lipinski definition) is 3. The van der Waals surface area contributed by atoms with Gasteiger partial charge < -0.3 is 15.4 Å². The fraction of sp³-hybridized carbons (Fsp3) is 0.263. The van der Waals surface area contributed by atoms with Crippen molar-refractivity contribution in [3.05, 3.63) is 64.7 Å². The summed E-state index contributed by atoms with van der Waals surface area (Å²) >= 11 is 5.80. The number of halogens is 1. The van der Waals surface area contributed by atoms with Gasteiger partial charge in [0.2, 0.25) is 11.8 Å². The third kappa shape index (κ3) is 6.85. The lowest BCUT2D eigenvalue weighted by Gasteiger charge is -2.08. The number of nitrogens with one attached hydrogen (secondary N) is 2. The van der Waals surface area contributed by atoms with Gasteiger partial charge in [-0.15, -0.1) is 0 Å². The molecule has 0 aliphatic carbocycles. The monoisotopic (exact) mass is 360 g/mol. The molecule has 0 bridgehead atoms. The Labute approximate surface area is 152 Å². The maximum absolute atomic E-state index is 11.8. The van der Waals surface area contributed by atoms with E-state index < -0.39 is 0 Å². The molecule has 0 saturated heterocycles. The average Bonchev–Trinajstić information content (AvgIpc) is 2.62. The molecule has 0 saturated carbocycles. The predicted molar refractivity (Wildman–Crippen MR) is 97.9 cm³/mol. The van der Waals surface area contributed by atoms with Crippen molar-refractivity contribution in [3.8, 4) is 5.75 Å². The van der Waals surface area contributed by atoms with Crippen molar-refractivity contribution >= 4 is 23.4 Å². The molecule has 0 spiro atoms. The molecule has 6 heteroatoms. The zero-order valence-corrected chi connectivity index (χ0v) is 14.8. The molecular formula is C19H21ClN2O3. The van der Waals surface area contributed by atoms with Crippen LogP contribution in [0.2, 0.25) is 5.02 Å². The van der Waals surface area contributed by atoms with Crippen LogP contribution in [-0.4, -0.2) is 32.0 Å². The Morgan fingerprint density at radius 3 is 2.48 bits per heavy atom. The molecule has 2 N–H and O–H groups in total.